The molecule has 248 valence electrons. The van der Waals surface area contributed by atoms with Crippen molar-refractivity contribution >= 4 is 49.6 Å². The summed E-state index contributed by atoms with van der Waals surface area (Å²) in [6.45, 7) is 0.953. The summed E-state index contributed by atoms with van der Waals surface area (Å²) in [6.07, 6.45) is -6.73. The van der Waals surface area contributed by atoms with Gasteiger partial charge in [-0.2, -0.15) is 0 Å². The van der Waals surface area contributed by atoms with Crippen molar-refractivity contribution in [1.29, 1.82) is 0 Å². The van der Waals surface area contributed by atoms with Crippen LogP contribution in [0.2, 0.25) is 0 Å². The van der Waals surface area contributed by atoms with Gasteiger partial charge in [0.1, 0.15) is 12.7 Å². The first-order chi connectivity index (χ1) is 22.7. The van der Waals surface area contributed by atoms with Crippen molar-refractivity contribution in [3.8, 4) is 0 Å². The van der Waals surface area contributed by atoms with Crippen molar-refractivity contribution in [1.82, 2.24) is 0 Å². The van der Waals surface area contributed by atoms with Crippen LogP contribution in [0.15, 0.2) is 91.0 Å². The summed E-state index contributed by atoms with van der Waals surface area (Å²) < 4.78 is 34.7. The number of ether oxygens (including phenoxy) is 6. The van der Waals surface area contributed by atoms with Gasteiger partial charge in [-0.25, -0.2) is 14.4 Å². The highest BCUT2D eigenvalue weighted by atomic mass is 32.8. The molecule has 0 bridgehead atoms. The molecule has 3 aromatic rings. The highest BCUT2D eigenvalue weighted by molar-refractivity contribution is 8.37. The second-order valence-electron chi connectivity index (χ2n) is 10.3. The molecule has 0 radical (unpaired) electrons. The van der Waals surface area contributed by atoms with Gasteiger partial charge in [-0.05, 0) is 54.0 Å². The van der Waals surface area contributed by atoms with Gasteiger partial charge >= 0.3 is 23.9 Å². The van der Waals surface area contributed by atoms with Crippen molar-refractivity contribution < 1.29 is 52.4 Å². The molecule has 11 nitrogen and oxygen atoms in total. The second-order valence-corrected chi connectivity index (χ2v) is 13.2. The molecule has 1 aliphatic rings. The summed E-state index contributed by atoms with van der Waals surface area (Å²) in [6, 6.07) is 24.4. The van der Waals surface area contributed by atoms with E-state index < -0.39 is 70.6 Å². The van der Waals surface area contributed by atoms with E-state index >= 15 is 0 Å². The summed E-state index contributed by atoms with van der Waals surface area (Å²) >= 11 is 5.17. The SMILES string of the molecule is CO[C@H]1O[C@H](COC(=O)c2ccccc2)[C@H](OC(=O)CCCS(=S)C(C)=O)[C@H](OC(=O)c2ccccc2)[C@H]1OC(=O)c1ccccc1. The molecule has 0 aromatic heterocycles. The average molecular weight is 683 g/mol. The molecule has 6 atom stereocenters. The molecule has 1 fully saturated rings. The molecule has 0 aliphatic carbocycles. The predicted molar refractivity (Wildman–Crippen MR) is 173 cm³/mol. The van der Waals surface area contributed by atoms with E-state index in [1.807, 2.05) is 0 Å². The summed E-state index contributed by atoms with van der Waals surface area (Å²) in [7, 11) is 0.356. The van der Waals surface area contributed by atoms with Gasteiger partial charge < -0.3 is 28.4 Å². The van der Waals surface area contributed by atoms with Gasteiger partial charge in [-0.3, -0.25) is 9.59 Å². The van der Waals surface area contributed by atoms with E-state index in [0.717, 1.165) is 0 Å². The highest BCUT2D eigenvalue weighted by Crippen LogP contribution is 2.31. The van der Waals surface area contributed by atoms with Crippen molar-refractivity contribution in [2.24, 2.45) is 0 Å². The molecule has 4 rings (SSSR count). The molecule has 3 aromatic carbocycles. The van der Waals surface area contributed by atoms with Crippen LogP contribution in [0.25, 0.3) is 0 Å². The molecule has 1 unspecified atom stereocenters. The fourth-order valence-corrected chi connectivity index (χ4v) is 5.70. The number of methoxy groups -OCH3 is 1. The second kappa shape index (κ2) is 17.6. The van der Waals surface area contributed by atoms with Gasteiger partial charge in [0, 0.05) is 26.2 Å². The number of carbonyl (C=O) groups is 5. The molecular formula is C34H34O11S2. The van der Waals surface area contributed by atoms with Crippen molar-refractivity contribution in [2.45, 2.75) is 50.5 Å². The molecule has 0 N–H and O–H groups in total. The maximum absolute atomic E-state index is 13.4. The highest BCUT2D eigenvalue weighted by Gasteiger charge is 2.53. The van der Waals surface area contributed by atoms with E-state index in [-0.39, 0.29) is 34.6 Å². The Morgan fingerprint density at radius 1 is 0.702 bits per heavy atom. The molecular weight excluding hydrogens is 648 g/mol. The van der Waals surface area contributed by atoms with E-state index in [1.54, 1.807) is 66.7 Å². The van der Waals surface area contributed by atoms with Gasteiger partial charge in [0.15, 0.2) is 29.7 Å². The Bertz CT molecular complexity index is 1550. The predicted octanol–water partition coefficient (Wildman–Crippen LogP) is 3.98. The lowest BCUT2D eigenvalue weighted by molar-refractivity contribution is -0.295. The first-order valence-corrected chi connectivity index (χ1v) is 17.0. The normalized spacial score (nSPS) is 21.1. The summed E-state index contributed by atoms with van der Waals surface area (Å²) in [5, 5.41) is -0.157. The fourth-order valence-electron chi connectivity index (χ4n) is 4.65. The summed E-state index contributed by atoms with van der Waals surface area (Å²) in [5.74, 6) is -2.67. The summed E-state index contributed by atoms with van der Waals surface area (Å²) in [5.41, 5.74) is 0.652. The third-order valence-electron chi connectivity index (χ3n) is 7.02. The number of esters is 4. The number of carbonyl (C=O) groups excluding carboxylic acids is 5. The smallest absolute Gasteiger partial charge is 0.338 e. The van der Waals surface area contributed by atoms with Crippen LogP contribution < -0.4 is 0 Å². The van der Waals surface area contributed by atoms with E-state index in [4.69, 9.17) is 39.6 Å². The average Bonchev–Trinajstić information content (AvgIpc) is 3.09. The Kier molecular flexibility index (Phi) is 13.3. The van der Waals surface area contributed by atoms with Crippen LogP contribution in [-0.2, 0) is 58.7 Å². The van der Waals surface area contributed by atoms with Crippen LogP contribution in [0.4, 0.5) is 0 Å². The number of benzene rings is 3. The quantitative estimate of drug-likeness (QED) is 0.190. The van der Waals surface area contributed by atoms with E-state index in [0.29, 0.717) is 5.75 Å². The number of hydrogen-bond acceptors (Lipinski definition) is 12. The standard InChI is InChI=1S/C34H34O11S2/c1-22(35)47(46)20-12-19-27(36)43-28-26(21-41-31(37)23-13-6-3-7-14-23)42-34(40-2)30(45-33(39)25-17-10-5-11-18-25)29(28)44-32(38)24-15-8-4-9-16-24/h3-11,13-18,26,28-30,34H,12,19-21H2,1-2H3/t26-,28+,29+,30-,34+,47?/m1/s1. The van der Waals surface area contributed by atoms with Gasteiger partial charge in [0.05, 0.1) is 16.7 Å². The molecule has 1 heterocycles. The van der Waals surface area contributed by atoms with E-state index in [2.05, 4.69) is 0 Å². The maximum Gasteiger partial charge on any atom is 0.338 e. The minimum atomic E-state index is -1.47. The van der Waals surface area contributed by atoms with Gasteiger partial charge in [0.2, 0.25) is 0 Å². The lowest BCUT2D eigenvalue weighted by Crippen LogP contribution is -2.63. The van der Waals surface area contributed by atoms with Crippen LogP contribution >= 0.6 is 0 Å². The largest absolute Gasteiger partial charge is 0.459 e. The first-order valence-electron chi connectivity index (χ1n) is 14.7. The minimum absolute atomic E-state index is 0.123. The van der Waals surface area contributed by atoms with Gasteiger partial charge in [-0.15, -0.1) is 0 Å². The van der Waals surface area contributed by atoms with Crippen molar-refractivity contribution in [3.63, 3.8) is 0 Å². The zero-order chi connectivity index (χ0) is 33.8. The zero-order valence-corrected chi connectivity index (χ0v) is 27.3. The van der Waals surface area contributed by atoms with Crippen molar-refractivity contribution in [3.05, 3.63) is 108 Å². The topological polar surface area (TPSA) is 141 Å². The fraction of sp³-hybridized carbons (Fsp3) is 0.324. The molecule has 1 saturated heterocycles. The van der Waals surface area contributed by atoms with Crippen LogP contribution in [0.5, 0.6) is 0 Å². The maximum atomic E-state index is 13.4. The number of hydrogen-bond donors (Lipinski definition) is 0. The molecule has 1 aliphatic heterocycles. The Hall–Kier alpha value is -4.30. The lowest BCUT2D eigenvalue weighted by atomic mass is 9.97. The van der Waals surface area contributed by atoms with E-state index in [9.17, 15) is 24.0 Å². The first kappa shape index (κ1) is 35.6. The third kappa shape index (κ3) is 10.1. The molecule has 0 saturated carbocycles. The third-order valence-corrected chi connectivity index (χ3v) is 9.52. The molecule has 0 spiro atoms. The monoisotopic (exact) mass is 682 g/mol. The Morgan fingerprint density at radius 2 is 1.19 bits per heavy atom. The minimum Gasteiger partial charge on any atom is -0.459 e. The van der Waals surface area contributed by atoms with Gasteiger partial charge in [0.25, 0.3) is 0 Å². The Balaban J connectivity index is 1.66. The van der Waals surface area contributed by atoms with Crippen LogP contribution in [0, 0.1) is 0 Å². The zero-order valence-electron chi connectivity index (χ0n) is 25.7. The number of rotatable bonds is 13. The van der Waals surface area contributed by atoms with E-state index in [1.165, 1.54) is 38.3 Å². The van der Waals surface area contributed by atoms with Gasteiger partial charge in [-0.1, -0.05) is 64.1 Å². The lowest BCUT2D eigenvalue weighted by Gasteiger charge is -2.44. The van der Waals surface area contributed by atoms with Crippen LogP contribution in [0.1, 0.15) is 50.8 Å². The molecule has 0 amide bonds. The van der Waals surface area contributed by atoms with Crippen LogP contribution in [0.3, 0.4) is 0 Å². The van der Waals surface area contributed by atoms with Crippen LogP contribution in [-0.4, -0.2) is 79.2 Å². The van der Waals surface area contributed by atoms with Crippen molar-refractivity contribution in [2.75, 3.05) is 19.5 Å². The molecule has 13 heteroatoms. The Labute approximate surface area is 279 Å². The Morgan fingerprint density at radius 3 is 1.68 bits per heavy atom. The summed E-state index contributed by atoms with van der Waals surface area (Å²) in [4.78, 5) is 64.2. The molecule has 47 heavy (non-hydrogen) atoms.